The first kappa shape index (κ1) is 26.6. The third-order valence-electron chi connectivity index (χ3n) is 4.84. The Morgan fingerprint density at radius 1 is 1.33 bits per heavy atom. The van der Waals surface area contributed by atoms with Gasteiger partial charge in [0.15, 0.2) is 11.5 Å². The van der Waals surface area contributed by atoms with Crippen molar-refractivity contribution in [1.29, 1.82) is 0 Å². The van der Waals surface area contributed by atoms with Crippen molar-refractivity contribution in [2.45, 2.75) is 51.8 Å². The number of aromatic nitrogens is 3. The number of nitrogens with zero attached hydrogens (tertiary/aromatic N) is 3. The van der Waals surface area contributed by atoms with E-state index in [9.17, 15) is 4.79 Å². The van der Waals surface area contributed by atoms with E-state index in [1.165, 1.54) is 0 Å². The SMILES string of the molecule is C[C@H]1CNC[C@H](NC(=O)Nc2cnc3c(ccn3COCC[Si](C)(C)C)n2)C1.Cl.Cl. The highest BCUT2D eigenvalue weighted by molar-refractivity contribution is 6.76. The van der Waals surface area contributed by atoms with Gasteiger partial charge in [0.25, 0.3) is 0 Å². The van der Waals surface area contributed by atoms with E-state index in [1.807, 2.05) is 16.8 Å². The number of hydrogen-bond donors (Lipinski definition) is 3. The lowest BCUT2D eigenvalue weighted by atomic mass is 9.98. The predicted molar refractivity (Wildman–Crippen MR) is 129 cm³/mol. The summed E-state index contributed by atoms with van der Waals surface area (Å²) in [5.74, 6) is 1.00. The number of amides is 2. The maximum absolute atomic E-state index is 12.2. The Balaban J connectivity index is 0.00000225. The molecule has 1 fully saturated rings. The Morgan fingerprint density at radius 3 is 2.80 bits per heavy atom. The lowest BCUT2D eigenvalue weighted by Gasteiger charge is -2.28. The van der Waals surface area contributed by atoms with E-state index in [0.29, 0.717) is 18.5 Å². The van der Waals surface area contributed by atoms with E-state index in [4.69, 9.17) is 4.74 Å². The summed E-state index contributed by atoms with van der Waals surface area (Å²) in [6, 6.07) is 2.91. The van der Waals surface area contributed by atoms with Crippen molar-refractivity contribution in [3.05, 3.63) is 18.5 Å². The monoisotopic (exact) mass is 476 g/mol. The van der Waals surface area contributed by atoms with Gasteiger partial charge in [0, 0.05) is 33.5 Å². The lowest BCUT2D eigenvalue weighted by molar-refractivity contribution is 0.0899. The molecule has 2 amide bonds. The molecule has 1 aliphatic heterocycles. The zero-order valence-corrected chi connectivity index (χ0v) is 20.7. The smallest absolute Gasteiger partial charge is 0.320 e. The maximum Gasteiger partial charge on any atom is 0.320 e. The zero-order chi connectivity index (χ0) is 20.1. The molecular weight excluding hydrogens is 443 g/mol. The van der Waals surface area contributed by atoms with Crippen LogP contribution in [0.2, 0.25) is 25.7 Å². The number of piperidine rings is 1. The van der Waals surface area contributed by atoms with Gasteiger partial charge in [0.2, 0.25) is 0 Å². The van der Waals surface area contributed by atoms with Crippen molar-refractivity contribution in [3.63, 3.8) is 0 Å². The molecule has 2 aromatic rings. The summed E-state index contributed by atoms with van der Waals surface area (Å²) in [7, 11) is -1.09. The number of halogens is 2. The standard InChI is InChI=1S/C19H32N6O2Si.2ClH/c1-14-9-15(11-20-10-14)22-19(26)24-17-12-21-18-16(23-17)5-6-25(18)13-27-7-8-28(2,3)4;;/h5-6,12,14-15,20H,7-11,13H2,1-4H3,(H2,22,23,24,26);2*1H/t14-,15-;;/m1../s1. The number of fused-ring (bicyclic) bond motifs is 1. The molecular formula is C19H34Cl2N6O2Si. The number of carbonyl (C=O) groups excluding carboxylic acids is 1. The van der Waals surface area contributed by atoms with Gasteiger partial charge in [-0.25, -0.2) is 14.8 Å². The average Bonchev–Trinajstić information content (AvgIpc) is 3.00. The summed E-state index contributed by atoms with van der Waals surface area (Å²) < 4.78 is 7.73. The molecule has 11 heteroatoms. The second-order valence-electron chi connectivity index (χ2n) is 8.89. The molecule has 0 radical (unpaired) electrons. The van der Waals surface area contributed by atoms with Crippen molar-refractivity contribution in [3.8, 4) is 0 Å². The largest absolute Gasteiger partial charge is 0.361 e. The van der Waals surface area contributed by atoms with Crippen LogP contribution in [-0.4, -0.2) is 54.4 Å². The van der Waals surface area contributed by atoms with Crippen molar-refractivity contribution in [1.82, 2.24) is 25.2 Å². The molecule has 0 spiro atoms. The van der Waals surface area contributed by atoms with Crippen LogP contribution in [0.1, 0.15) is 13.3 Å². The van der Waals surface area contributed by atoms with Gasteiger partial charge >= 0.3 is 6.03 Å². The maximum atomic E-state index is 12.2. The van der Waals surface area contributed by atoms with E-state index in [0.717, 1.165) is 43.3 Å². The molecule has 8 nitrogen and oxygen atoms in total. The quantitative estimate of drug-likeness (QED) is 0.418. The topological polar surface area (TPSA) is 93.1 Å². The Hall–Kier alpha value is -1.39. The second-order valence-corrected chi connectivity index (χ2v) is 14.5. The minimum atomic E-state index is -1.09. The molecule has 3 heterocycles. The van der Waals surface area contributed by atoms with Gasteiger partial charge < -0.3 is 19.9 Å². The van der Waals surface area contributed by atoms with Crippen LogP contribution in [0.3, 0.4) is 0 Å². The minimum Gasteiger partial charge on any atom is -0.361 e. The highest BCUT2D eigenvalue weighted by Crippen LogP contribution is 2.15. The number of urea groups is 1. The number of nitrogens with one attached hydrogen (secondary N) is 3. The summed E-state index contributed by atoms with van der Waals surface area (Å²) >= 11 is 0. The Labute approximate surface area is 191 Å². The van der Waals surface area contributed by atoms with Crippen LogP contribution in [0.15, 0.2) is 18.5 Å². The predicted octanol–water partition coefficient (Wildman–Crippen LogP) is 3.71. The fourth-order valence-corrected chi connectivity index (χ4v) is 4.03. The molecule has 0 aliphatic carbocycles. The van der Waals surface area contributed by atoms with Crippen molar-refractivity contribution in [2.75, 3.05) is 25.0 Å². The Morgan fingerprint density at radius 2 is 2.10 bits per heavy atom. The van der Waals surface area contributed by atoms with Gasteiger partial charge in [-0.1, -0.05) is 26.6 Å². The number of carbonyl (C=O) groups is 1. The molecule has 1 aliphatic rings. The second kappa shape index (κ2) is 11.9. The molecule has 0 bridgehead atoms. The lowest BCUT2D eigenvalue weighted by Crippen LogP contribution is -2.49. The first-order valence-electron chi connectivity index (χ1n) is 9.98. The number of ether oxygens (including phenoxy) is 1. The molecule has 3 N–H and O–H groups in total. The molecule has 0 aromatic carbocycles. The average molecular weight is 478 g/mol. The van der Waals surface area contributed by atoms with Gasteiger partial charge in [-0.05, 0) is 31.0 Å². The molecule has 170 valence electrons. The number of rotatable bonds is 7. The third-order valence-corrected chi connectivity index (χ3v) is 6.54. The van der Waals surface area contributed by atoms with Crippen molar-refractivity contribution in [2.24, 2.45) is 5.92 Å². The van der Waals surface area contributed by atoms with Gasteiger partial charge in [-0.3, -0.25) is 5.32 Å². The number of anilines is 1. The molecule has 1 saturated heterocycles. The molecule has 2 aromatic heterocycles. The normalized spacial score (nSPS) is 18.9. The summed E-state index contributed by atoms with van der Waals surface area (Å²) in [4.78, 5) is 21.2. The van der Waals surface area contributed by atoms with E-state index in [-0.39, 0.29) is 36.9 Å². The summed E-state index contributed by atoms with van der Waals surface area (Å²) in [6.45, 7) is 12.2. The van der Waals surface area contributed by atoms with Crippen molar-refractivity contribution < 1.29 is 9.53 Å². The fraction of sp³-hybridized carbons (Fsp3) is 0.632. The minimum absolute atomic E-state index is 0. The molecule has 0 saturated carbocycles. The summed E-state index contributed by atoms with van der Waals surface area (Å²) in [5.41, 5.74) is 1.49. The van der Waals surface area contributed by atoms with Crippen LogP contribution in [0, 0.1) is 5.92 Å². The number of hydrogen-bond acceptors (Lipinski definition) is 5. The summed E-state index contributed by atoms with van der Waals surface area (Å²) in [5, 5.41) is 9.11. The van der Waals surface area contributed by atoms with E-state index in [2.05, 4.69) is 52.5 Å². The van der Waals surface area contributed by atoms with Gasteiger partial charge in [-0.2, -0.15) is 0 Å². The molecule has 0 unspecified atom stereocenters. The van der Waals surface area contributed by atoms with Gasteiger partial charge in [0.05, 0.1) is 6.20 Å². The van der Waals surface area contributed by atoms with Gasteiger partial charge in [0.1, 0.15) is 12.2 Å². The Kier molecular flexibility index (Phi) is 10.5. The van der Waals surface area contributed by atoms with E-state index < -0.39 is 8.07 Å². The van der Waals surface area contributed by atoms with E-state index in [1.54, 1.807) is 6.20 Å². The van der Waals surface area contributed by atoms with Crippen LogP contribution in [0.25, 0.3) is 11.2 Å². The highest BCUT2D eigenvalue weighted by atomic mass is 35.5. The summed E-state index contributed by atoms with van der Waals surface area (Å²) in [6.07, 6.45) is 4.48. The van der Waals surface area contributed by atoms with Crippen LogP contribution in [0.5, 0.6) is 0 Å². The van der Waals surface area contributed by atoms with Crippen molar-refractivity contribution >= 4 is 55.9 Å². The van der Waals surface area contributed by atoms with Crippen LogP contribution in [0.4, 0.5) is 10.6 Å². The molecule has 2 atom stereocenters. The first-order valence-corrected chi connectivity index (χ1v) is 13.7. The fourth-order valence-electron chi connectivity index (χ4n) is 3.27. The van der Waals surface area contributed by atoms with Gasteiger partial charge in [-0.15, -0.1) is 24.8 Å². The highest BCUT2D eigenvalue weighted by Gasteiger charge is 2.20. The zero-order valence-electron chi connectivity index (χ0n) is 18.1. The third kappa shape index (κ3) is 8.03. The Bertz CT molecular complexity index is 814. The van der Waals surface area contributed by atoms with Crippen LogP contribution < -0.4 is 16.0 Å². The van der Waals surface area contributed by atoms with E-state index >= 15 is 0 Å². The first-order chi connectivity index (χ1) is 13.3. The van der Waals surface area contributed by atoms with Crippen LogP contribution in [-0.2, 0) is 11.5 Å². The molecule has 30 heavy (non-hydrogen) atoms. The molecule has 3 rings (SSSR count). The van der Waals surface area contributed by atoms with Crippen LogP contribution >= 0.6 is 24.8 Å².